The minimum Gasteiger partial charge on any atom is -0.212 e. The number of halogens is 2. The normalized spacial score (nSPS) is 24.6. The topological polar surface area (TPSA) is 37.4 Å². The lowest BCUT2D eigenvalue weighted by atomic mass is 10.3. The molecule has 72 valence electrons. The summed E-state index contributed by atoms with van der Waals surface area (Å²) in [7, 11) is -3.37. The van der Waals surface area contributed by atoms with E-state index < -0.39 is 23.0 Å². The van der Waals surface area contributed by atoms with Gasteiger partial charge in [-0.2, -0.15) is 4.31 Å². The fraction of sp³-hybridized carbons (Fsp3) is 1.00. The van der Waals surface area contributed by atoms with Gasteiger partial charge in [-0.3, -0.25) is 0 Å². The average molecular weight is 199 g/mol. The minimum absolute atomic E-state index is 0.0136. The molecule has 0 N–H and O–H groups in total. The zero-order chi connectivity index (χ0) is 9.19. The Kier molecular flexibility index (Phi) is 3.00. The van der Waals surface area contributed by atoms with Crippen LogP contribution >= 0.6 is 0 Å². The highest BCUT2D eigenvalue weighted by Gasteiger charge is 2.27. The third-order valence-electron chi connectivity index (χ3n) is 1.79. The van der Waals surface area contributed by atoms with Crippen LogP contribution in [-0.2, 0) is 10.0 Å². The molecule has 0 amide bonds. The fourth-order valence-electron chi connectivity index (χ4n) is 1.20. The second-order valence-electron chi connectivity index (χ2n) is 2.77. The summed E-state index contributed by atoms with van der Waals surface area (Å²) in [6.07, 6.45) is -1.30. The van der Waals surface area contributed by atoms with Crippen molar-refractivity contribution >= 4 is 10.0 Å². The van der Waals surface area contributed by atoms with Crippen LogP contribution in [0.25, 0.3) is 0 Å². The first-order valence-corrected chi connectivity index (χ1v) is 5.39. The van der Waals surface area contributed by atoms with Gasteiger partial charge in [-0.05, 0) is 12.8 Å². The predicted octanol–water partition coefficient (Wildman–Crippen LogP) is 0.677. The first-order chi connectivity index (χ1) is 5.52. The highest BCUT2D eigenvalue weighted by atomic mass is 32.2. The molecule has 0 aromatic rings. The molecule has 0 spiro atoms. The summed E-state index contributed by atoms with van der Waals surface area (Å²) in [6, 6.07) is 0. The van der Waals surface area contributed by atoms with Gasteiger partial charge in [0.25, 0.3) is 6.43 Å². The quantitative estimate of drug-likeness (QED) is 0.655. The van der Waals surface area contributed by atoms with E-state index in [2.05, 4.69) is 0 Å². The molecule has 0 aromatic heterocycles. The summed E-state index contributed by atoms with van der Waals surface area (Å²) in [5, 5.41) is 0. The van der Waals surface area contributed by atoms with Gasteiger partial charge in [-0.15, -0.1) is 0 Å². The lowest BCUT2D eigenvalue weighted by Gasteiger charge is -2.25. The predicted molar refractivity (Wildman–Crippen MR) is 40.6 cm³/mol. The standard InChI is InChI=1S/C6H11F2NO2S/c7-6(8)5-9-3-1-2-4-12(9,10)11/h6H,1-5H2. The van der Waals surface area contributed by atoms with Crippen LogP contribution in [0.1, 0.15) is 12.8 Å². The third kappa shape index (κ3) is 2.38. The molecule has 6 heteroatoms. The zero-order valence-electron chi connectivity index (χ0n) is 6.54. The van der Waals surface area contributed by atoms with Crippen molar-refractivity contribution in [2.24, 2.45) is 0 Å². The van der Waals surface area contributed by atoms with Gasteiger partial charge in [0.2, 0.25) is 10.0 Å². The molecule has 0 saturated carbocycles. The summed E-state index contributed by atoms with van der Waals surface area (Å²) in [6.45, 7) is -0.408. The number of hydrogen-bond donors (Lipinski definition) is 0. The van der Waals surface area contributed by atoms with Gasteiger partial charge in [-0.1, -0.05) is 0 Å². The largest absolute Gasteiger partial charge is 0.252 e. The highest BCUT2D eigenvalue weighted by molar-refractivity contribution is 7.89. The van der Waals surface area contributed by atoms with E-state index in [-0.39, 0.29) is 12.3 Å². The smallest absolute Gasteiger partial charge is 0.212 e. The average Bonchev–Trinajstić information content (AvgIpc) is 1.92. The maximum absolute atomic E-state index is 11.9. The van der Waals surface area contributed by atoms with Crippen LogP contribution < -0.4 is 0 Å². The van der Waals surface area contributed by atoms with E-state index in [4.69, 9.17) is 0 Å². The summed E-state index contributed by atoms with van der Waals surface area (Å²) >= 11 is 0. The summed E-state index contributed by atoms with van der Waals surface area (Å²) < 4.78 is 46.8. The maximum atomic E-state index is 11.9. The Bertz CT molecular complexity index is 240. The number of rotatable bonds is 2. The molecule has 1 heterocycles. The van der Waals surface area contributed by atoms with E-state index in [0.717, 1.165) is 4.31 Å². The van der Waals surface area contributed by atoms with Crippen molar-refractivity contribution in [2.45, 2.75) is 19.3 Å². The summed E-state index contributed by atoms with van der Waals surface area (Å²) in [5.74, 6) is 0.0136. The molecule has 1 saturated heterocycles. The van der Waals surface area contributed by atoms with Crippen LogP contribution in [0.15, 0.2) is 0 Å². The Morgan fingerprint density at radius 3 is 2.50 bits per heavy atom. The SMILES string of the molecule is O=S1(=O)CCCCN1CC(F)F. The number of hydrogen-bond acceptors (Lipinski definition) is 2. The zero-order valence-corrected chi connectivity index (χ0v) is 7.36. The van der Waals surface area contributed by atoms with Gasteiger partial charge >= 0.3 is 0 Å². The monoisotopic (exact) mass is 199 g/mol. The van der Waals surface area contributed by atoms with E-state index in [1.807, 2.05) is 0 Å². The Labute approximate surface area is 70.4 Å². The van der Waals surface area contributed by atoms with Gasteiger partial charge in [0.05, 0.1) is 12.3 Å². The van der Waals surface area contributed by atoms with Crippen LogP contribution in [0.4, 0.5) is 8.78 Å². The van der Waals surface area contributed by atoms with Crippen molar-refractivity contribution in [2.75, 3.05) is 18.8 Å². The Morgan fingerprint density at radius 2 is 2.00 bits per heavy atom. The van der Waals surface area contributed by atoms with Gasteiger partial charge in [-0.25, -0.2) is 17.2 Å². The molecule has 0 unspecified atom stereocenters. The molecule has 12 heavy (non-hydrogen) atoms. The van der Waals surface area contributed by atoms with Crippen LogP contribution in [0.2, 0.25) is 0 Å². The fourth-order valence-corrected chi connectivity index (χ4v) is 2.77. The lowest BCUT2D eigenvalue weighted by molar-refractivity contribution is 0.117. The molecular weight excluding hydrogens is 188 g/mol. The van der Waals surface area contributed by atoms with Gasteiger partial charge in [0.15, 0.2) is 0 Å². The minimum atomic E-state index is -3.37. The van der Waals surface area contributed by atoms with E-state index in [1.54, 1.807) is 0 Å². The van der Waals surface area contributed by atoms with Gasteiger partial charge in [0.1, 0.15) is 0 Å². The third-order valence-corrected chi connectivity index (χ3v) is 3.72. The lowest BCUT2D eigenvalue weighted by Crippen LogP contribution is -2.40. The van der Waals surface area contributed by atoms with Gasteiger partial charge < -0.3 is 0 Å². The molecular formula is C6H11F2NO2S. The van der Waals surface area contributed by atoms with Crippen molar-refractivity contribution in [1.29, 1.82) is 0 Å². The van der Waals surface area contributed by atoms with Crippen LogP contribution in [0.5, 0.6) is 0 Å². The Hall–Kier alpha value is -0.230. The molecule has 1 fully saturated rings. The molecule has 1 rings (SSSR count). The highest BCUT2D eigenvalue weighted by Crippen LogP contribution is 2.14. The number of alkyl halides is 2. The summed E-state index contributed by atoms with van der Waals surface area (Å²) in [4.78, 5) is 0. The van der Waals surface area contributed by atoms with E-state index in [1.165, 1.54) is 0 Å². The molecule has 0 aromatic carbocycles. The van der Waals surface area contributed by atoms with E-state index in [9.17, 15) is 17.2 Å². The Morgan fingerprint density at radius 1 is 1.33 bits per heavy atom. The Balaban J connectivity index is 2.61. The molecule has 0 radical (unpaired) electrons. The van der Waals surface area contributed by atoms with Crippen molar-refractivity contribution in [1.82, 2.24) is 4.31 Å². The van der Waals surface area contributed by atoms with Crippen LogP contribution in [0, 0.1) is 0 Å². The molecule has 3 nitrogen and oxygen atoms in total. The van der Waals surface area contributed by atoms with Crippen LogP contribution in [0.3, 0.4) is 0 Å². The number of sulfonamides is 1. The molecule has 0 bridgehead atoms. The first-order valence-electron chi connectivity index (χ1n) is 3.78. The van der Waals surface area contributed by atoms with Crippen molar-refractivity contribution < 1.29 is 17.2 Å². The second kappa shape index (κ2) is 3.66. The number of nitrogens with zero attached hydrogens (tertiary/aromatic N) is 1. The van der Waals surface area contributed by atoms with Crippen molar-refractivity contribution in [3.63, 3.8) is 0 Å². The van der Waals surface area contributed by atoms with Crippen molar-refractivity contribution in [3.8, 4) is 0 Å². The molecule has 0 aliphatic carbocycles. The van der Waals surface area contributed by atoms with E-state index in [0.29, 0.717) is 12.8 Å². The molecule has 0 atom stereocenters. The first kappa shape index (κ1) is 9.85. The van der Waals surface area contributed by atoms with E-state index >= 15 is 0 Å². The van der Waals surface area contributed by atoms with Crippen molar-refractivity contribution in [3.05, 3.63) is 0 Å². The maximum Gasteiger partial charge on any atom is 0.252 e. The second-order valence-corrected chi connectivity index (χ2v) is 4.86. The van der Waals surface area contributed by atoms with Crippen LogP contribution in [-0.4, -0.2) is 38.0 Å². The van der Waals surface area contributed by atoms with Gasteiger partial charge in [0, 0.05) is 6.54 Å². The summed E-state index contributed by atoms with van der Waals surface area (Å²) in [5.41, 5.74) is 0. The molecule has 1 aliphatic rings. The molecule has 1 aliphatic heterocycles.